The molecule has 27 heavy (non-hydrogen) atoms. The molecule has 0 saturated carbocycles. The largest absolute Gasteiger partial charge is 0.481 e. The van der Waals surface area contributed by atoms with Crippen molar-refractivity contribution >= 4 is 11.9 Å². The molecular formula is C20H22F2N2O3. The van der Waals surface area contributed by atoms with E-state index >= 15 is 0 Å². The normalized spacial score (nSPS) is 11.3. The molecule has 0 fully saturated rings. The van der Waals surface area contributed by atoms with Gasteiger partial charge in [0.1, 0.15) is 5.69 Å². The first kappa shape index (κ1) is 20.5. The van der Waals surface area contributed by atoms with Crippen LogP contribution in [-0.4, -0.2) is 33.4 Å². The summed E-state index contributed by atoms with van der Waals surface area (Å²) in [6.45, 7) is 5.94. The highest BCUT2D eigenvalue weighted by atomic mass is 19.2. The molecule has 1 heterocycles. The van der Waals surface area contributed by atoms with Gasteiger partial charge >= 0.3 is 5.97 Å². The Morgan fingerprint density at radius 2 is 1.81 bits per heavy atom. The van der Waals surface area contributed by atoms with E-state index in [4.69, 9.17) is 5.11 Å². The van der Waals surface area contributed by atoms with Crippen molar-refractivity contribution in [3.8, 4) is 0 Å². The summed E-state index contributed by atoms with van der Waals surface area (Å²) in [5, 5.41) is 8.92. The third-order valence-electron chi connectivity index (χ3n) is 4.09. The van der Waals surface area contributed by atoms with Crippen molar-refractivity contribution in [2.24, 2.45) is 0 Å². The smallest absolute Gasteiger partial charge is 0.305 e. The van der Waals surface area contributed by atoms with E-state index in [2.05, 4.69) is 4.98 Å². The van der Waals surface area contributed by atoms with Crippen LogP contribution in [-0.2, 0) is 16.8 Å². The number of halogens is 2. The lowest BCUT2D eigenvalue weighted by Gasteiger charge is -2.23. The average Bonchev–Trinajstić information content (AvgIpc) is 2.60. The lowest BCUT2D eigenvalue weighted by molar-refractivity contribution is -0.137. The highest BCUT2D eigenvalue weighted by Crippen LogP contribution is 2.21. The molecule has 0 unspecified atom stereocenters. The first-order valence-corrected chi connectivity index (χ1v) is 8.49. The molecule has 0 atom stereocenters. The quantitative estimate of drug-likeness (QED) is 0.833. The van der Waals surface area contributed by atoms with E-state index in [0.717, 1.165) is 17.7 Å². The maximum absolute atomic E-state index is 13.4. The third kappa shape index (κ3) is 5.57. The Bertz CT molecular complexity index is 830. The van der Waals surface area contributed by atoms with Gasteiger partial charge in [0, 0.05) is 19.3 Å². The van der Waals surface area contributed by atoms with Gasteiger partial charge in [-0.1, -0.05) is 32.9 Å². The fourth-order valence-corrected chi connectivity index (χ4v) is 2.47. The Balaban J connectivity index is 2.25. The number of carboxylic acid groups (broad SMARTS) is 1. The molecule has 1 N–H and O–H groups in total. The second kappa shape index (κ2) is 8.24. The highest BCUT2D eigenvalue weighted by molar-refractivity contribution is 5.92. The van der Waals surface area contributed by atoms with Crippen molar-refractivity contribution < 1.29 is 23.5 Å². The van der Waals surface area contributed by atoms with Gasteiger partial charge in [0.25, 0.3) is 5.91 Å². The number of carbonyl (C=O) groups excluding carboxylic acids is 1. The van der Waals surface area contributed by atoms with Crippen molar-refractivity contribution in [2.45, 2.75) is 39.2 Å². The first-order valence-electron chi connectivity index (χ1n) is 8.49. The molecule has 0 aliphatic heterocycles. The number of rotatable bonds is 6. The topological polar surface area (TPSA) is 70.5 Å². The van der Waals surface area contributed by atoms with Gasteiger partial charge in [-0.15, -0.1) is 0 Å². The number of nitrogens with zero attached hydrogens (tertiary/aromatic N) is 2. The minimum absolute atomic E-state index is 0.0496. The van der Waals surface area contributed by atoms with E-state index in [-0.39, 0.29) is 30.6 Å². The van der Waals surface area contributed by atoms with Crippen LogP contribution in [0.5, 0.6) is 0 Å². The second-order valence-corrected chi connectivity index (χ2v) is 7.30. The van der Waals surface area contributed by atoms with E-state index in [1.165, 1.54) is 11.0 Å². The number of carboxylic acids is 1. The van der Waals surface area contributed by atoms with Crippen LogP contribution in [0.3, 0.4) is 0 Å². The summed E-state index contributed by atoms with van der Waals surface area (Å²) in [7, 11) is 0. The van der Waals surface area contributed by atoms with Gasteiger partial charge in [-0.05, 0) is 34.7 Å². The molecule has 2 aromatic rings. The monoisotopic (exact) mass is 376 g/mol. The highest BCUT2D eigenvalue weighted by Gasteiger charge is 2.21. The number of benzene rings is 1. The predicted octanol–water partition coefficient (Wildman–Crippen LogP) is 3.77. The van der Waals surface area contributed by atoms with Crippen LogP contribution < -0.4 is 0 Å². The Hall–Kier alpha value is -2.83. The average molecular weight is 376 g/mol. The Kier molecular flexibility index (Phi) is 6.25. The zero-order valence-corrected chi connectivity index (χ0v) is 15.5. The molecule has 0 aliphatic rings. The molecule has 5 nitrogen and oxygen atoms in total. The van der Waals surface area contributed by atoms with Crippen LogP contribution in [0.15, 0.2) is 36.5 Å². The third-order valence-corrected chi connectivity index (χ3v) is 4.09. The van der Waals surface area contributed by atoms with Gasteiger partial charge in [-0.3, -0.25) is 14.6 Å². The first-order chi connectivity index (χ1) is 12.6. The SMILES string of the molecule is CC(C)(C)c1ccc(C(=O)N(CCC(=O)O)Cc2ccc(F)c(F)c2)nc1. The van der Waals surface area contributed by atoms with E-state index in [1.54, 1.807) is 18.3 Å². The van der Waals surface area contributed by atoms with Crippen LogP contribution in [0.4, 0.5) is 8.78 Å². The molecule has 0 aliphatic carbocycles. The van der Waals surface area contributed by atoms with Crippen LogP contribution in [0.2, 0.25) is 0 Å². The van der Waals surface area contributed by atoms with Gasteiger partial charge in [-0.2, -0.15) is 0 Å². The van der Waals surface area contributed by atoms with Crippen LogP contribution in [0.1, 0.15) is 48.8 Å². The number of hydrogen-bond acceptors (Lipinski definition) is 3. The van der Waals surface area contributed by atoms with Crippen molar-refractivity contribution in [1.29, 1.82) is 0 Å². The van der Waals surface area contributed by atoms with Gasteiger partial charge in [-0.25, -0.2) is 8.78 Å². The maximum atomic E-state index is 13.4. The summed E-state index contributed by atoms with van der Waals surface area (Å²) < 4.78 is 26.5. The molecule has 7 heteroatoms. The zero-order valence-electron chi connectivity index (χ0n) is 15.5. The summed E-state index contributed by atoms with van der Waals surface area (Å²) in [6, 6.07) is 6.71. The second-order valence-electron chi connectivity index (χ2n) is 7.30. The van der Waals surface area contributed by atoms with Crippen molar-refractivity contribution in [1.82, 2.24) is 9.88 Å². The maximum Gasteiger partial charge on any atom is 0.305 e. The minimum Gasteiger partial charge on any atom is -0.481 e. The molecule has 1 aromatic carbocycles. The minimum atomic E-state index is -1.06. The van der Waals surface area contributed by atoms with Crippen molar-refractivity contribution in [3.05, 3.63) is 65.0 Å². The molecule has 1 aromatic heterocycles. The number of hydrogen-bond donors (Lipinski definition) is 1. The van der Waals surface area contributed by atoms with Crippen LogP contribution >= 0.6 is 0 Å². The summed E-state index contributed by atoms with van der Waals surface area (Å²) in [5.41, 5.74) is 1.36. The molecule has 0 spiro atoms. The summed E-state index contributed by atoms with van der Waals surface area (Å²) in [4.78, 5) is 29.1. The number of aliphatic carboxylic acids is 1. The number of carbonyl (C=O) groups is 2. The number of amides is 1. The molecule has 0 radical (unpaired) electrons. The van der Waals surface area contributed by atoms with E-state index < -0.39 is 23.5 Å². The standard InChI is InChI=1S/C20H22F2N2O3/c1-20(2,3)14-5-7-17(23-11-14)19(27)24(9-8-18(25)26)12-13-4-6-15(21)16(22)10-13/h4-7,10-11H,8-9,12H2,1-3H3,(H,25,26). The predicted molar refractivity (Wildman–Crippen MR) is 96.3 cm³/mol. The fraction of sp³-hybridized carbons (Fsp3) is 0.350. The summed E-state index contributed by atoms with van der Waals surface area (Å²) >= 11 is 0. The molecule has 0 bridgehead atoms. The van der Waals surface area contributed by atoms with Gasteiger partial charge in [0.05, 0.1) is 6.42 Å². The van der Waals surface area contributed by atoms with Crippen LogP contribution in [0, 0.1) is 11.6 Å². The lowest BCUT2D eigenvalue weighted by atomic mass is 9.88. The van der Waals surface area contributed by atoms with E-state index in [0.29, 0.717) is 5.56 Å². The Morgan fingerprint density at radius 1 is 1.11 bits per heavy atom. The summed E-state index contributed by atoms with van der Waals surface area (Å²) in [6.07, 6.45) is 1.34. The van der Waals surface area contributed by atoms with E-state index in [9.17, 15) is 18.4 Å². The van der Waals surface area contributed by atoms with Gasteiger partial charge < -0.3 is 10.0 Å². The fourth-order valence-electron chi connectivity index (χ4n) is 2.47. The van der Waals surface area contributed by atoms with Crippen molar-refractivity contribution in [3.63, 3.8) is 0 Å². The van der Waals surface area contributed by atoms with E-state index in [1.807, 2.05) is 20.8 Å². The molecular weight excluding hydrogens is 354 g/mol. The molecule has 1 amide bonds. The molecule has 2 rings (SSSR count). The zero-order chi connectivity index (χ0) is 20.2. The number of pyridine rings is 1. The van der Waals surface area contributed by atoms with Crippen molar-refractivity contribution in [2.75, 3.05) is 6.54 Å². The molecule has 0 saturated heterocycles. The lowest BCUT2D eigenvalue weighted by Crippen LogP contribution is -2.33. The Labute approximate surface area is 156 Å². The van der Waals surface area contributed by atoms with Crippen LogP contribution in [0.25, 0.3) is 0 Å². The summed E-state index contributed by atoms with van der Waals surface area (Å²) in [5.74, 6) is -3.54. The molecule has 144 valence electrons. The Morgan fingerprint density at radius 3 is 2.33 bits per heavy atom. The number of aromatic nitrogens is 1. The van der Waals surface area contributed by atoms with Gasteiger partial charge in [0.15, 0.2) is 11.6 Å². The van der Waals surface area contributed by atoms with Gasteiger partial charge in [0.2, 0.25) is 0 Å².